The molecule has 4 nitrogen and oxygen atoms in total. The van der Waals surface area contributed by atoms with E-state index in [0.29, 0.717) is 6.42 Å². The number of hydrogen-bond acceptors (Lipinski definition) is 3. The molecule has 1 amide bonds. The zero-order chi connectivity index (χ0) is 13.7. The van der Waals surface area contributed by atoms with Gasteiger partial charge in [0, 0.05) is 38.8 Å². The van der Waals surface area contributed by atoms with Gasteiger partial charge in [0.2, 0.25) is 7.85 Å². The van der Waals surface area contributed by atoms with Crippen LogP contribution in [0.3, 0.4) is 0 Å². The number of carbonyl (C=O) groups excluding carboxylic acids is 1. The Labute approximate surface area is 115 Å². The van der Waals surface area contributed by atoms with Crippen LogP contribution in [-0.2, 0) is 6.54 Å². The normalized spacial score (nSPS) is 20.5. The van der Waals surface area contributed by atoms with Crippen molar-refractivity contribution in [1.82, 2.24) is 9.80 Å². The third-order valence-electron chi connectivity index (χ3n) is 3.68. The molecule has 102 valence electrons. The highest BCUT2D eigenvalue weighted by molar-refractivity contribution is 6.56. The second kappa shape index (κ2) is 6.73. The summed E-state index contributed by atoms with van der Waals surface area (Å²) in [5, 5.41) is 9.14. The third kappa shape index (κ3) is 3.82. The van der Waals surface area contributed by atoms with Gasteiger partial charge < -0.3 is 10.0 Å². The Morgan fingerprint density at radius 1 is 1.32 bits per heavy atom. The molecule has 1 aliphatic rings. The van der Waals surface area contributed by atoms with Gasteiger partial charge in [-0.3, -0.25) is 9.69 Å². The highest BCUT2D eigenvalue weighted by Gasteiger charge is 2.27. The van der Waals surface area contributed by atoms with E-state index in [1.807, 2.05) is 23.1 Å². The van der Waals surface area contributed by atoms with Crippen LogP contribution in [0.1, 0.15) is 12.0 Å². The molecule has 0 spiro atoms. The molecule has 2 rings (SSSR count). The van der Waals surface area contributed by atoms with E-state index in [0.717, 1.165) is 26.2 Å². The number of rotatable bonds is 4. The van der Waals surface area contributed by atoms with Gasteiger partial charge in [0.15, 0.2) is 5.81 Å². The molecule has 19 heavy (non-hydrogen) atoms. The summed E-state index contributed by atoms with van der Waals surface area (Å²) >= 11 is 0. The number of piperazine rings is 1. The summed E-state index contributed by atoms with van der Waals surface area (Å²) in [6.07, 6.45) is 0.658. The van der Waals surface area contributed by atoms with Gasteiger partial charge in [0.25, 0.3) is 0 Å². The fourth-order valence-corrected chi connectivity index (χ4v) is 2.72. The second-order valence-corrected chi connectivity index (χ2v) is 5.10. The lowest BCUT2D eigenvalue weighted by molar-refractivity contribution is 0.0854. The number of aliphatic hydroxyl groups excluding tert-OH is 1. The number of hydrogen-bond donors (Lipinski definition) is 1. The van der Waals surface area contributed by atoms with Gasteiger partial charge in [0.1, 0.15) is 0 Å². The fraction of sp³-hybridized carbons (Fsp3) is 0.500. The Morgan fingerprint density at radius 3 is 2.68 bits per heavy atom. The van der Waals surface area contributed by atoms with E-state index < -0.39 is 0 Å². The van der Waals surface area contributed by atoms with E-state index >= 15 is 0 Å². The molecule has 0 radical (unpaired) electrons. The van der Waals surface area contributed by atoms with E-state index in [2.05, 4.69) is 17.0 Å². The Kier molecular flexibility index (Phi) is 4.99. The fourth-order valence-electron chi connectivity index (χ4n) is 2.72. The summed E-state index contributed by atoms with van der Waals surface area (Å²) in [6.45, 7) is 3.54. The van der Waals surface area contributed by atoms with Gasteiger partial charge in [0.05, 0.1) is 0 Å². The molecule has 5 heteroatoms. The topological polar surface area (TPSA) is 43.8 Å². The maximum atomic E-state index is 11.6. The maximum Gasteiger partial charge on any atom is 0.215 e. The highest BCUT2D eigenvalue weighted by atomic mass is 16.3. The minimum atomic E-state index is 0.109. The molecule has 1 N–H and O–H groups in total. The zero-order valence-electron chi connectivity index (χ0n) is 11.5. The largest absolute Gasteiger partial charge is 0.396 e. The molecule has 1 aromatic rings. The molecular weight excluding hydrogens is 239 g/mol. The van der Waals surface area contributed by atoms with Crippen molar-refractivity contribution in [2.45, 2.75) is 19.0 Å². The Morgan fingerprint density at radius 2 is 2.05 bits per heavy atom. The lowest BCUT2D eigenvalue weighted by atomic mass is 10.0. The van der Waals surface area contributed by atoms with Crippen LogP contribution in [-0.4, -0.2) is 60.8 Å². The lowest BCUT2D eigenvalue weighted by Crippen LogP contribution is -2.54. The highest BCUT2D eigenvalue weighted by Crippen LogP contribution is 2.15. The first-order valence-corrected chi connectivity index (χ1v) is 6.85. The first-order chi connectivity index (χ1) is 9.20. The van der Waals surface area contributed by atoms with Crippen LogP contribution in [0.4, 0.5) is 4.79 Å². The van der Waals surface area contributed by atoms with Crippen LogP contribution >= 0.6 is 0 Å². The number of carbonyl (C=O) groups is 1. The van der Waals surface area contributed by atoms with Crippen LogP contribution in [0, 0.1) is 0 Å². The monoisotopic (exact) mass is 260 g/mol. The maximum absolute atomic E-state index is 11.6. The molecule has 0 aliphatic carbocycles. The van der Waals surface area contributed by atoms with Crippen molar-refractivity contribution < 1.29 is 9.90 Å². The quantitative estimate of drug-likeness (QED) is 0.792. The van der Waals surface area contributed by atoms with Crippen LogP contribution in [0.2, 0.25) is 0 Å². The van der Waals surface area contributed by atoms with Gasteiger partial charge >= 0.3 is 0 Å². The van der Waals surface area contributed by atoms with Gasteiger partial charge in [-0.15, -0.1) is 0 Å². The first kappa shape index (κ1) is 14.1. The summed E-state index contributed by atoms with van der Waals surface area (Å²) in [7, 11) is 1.61. The van der Waals surface area contributed by atoms with Crippen molar-refractivity contribution >= 4 is 13.7 Å². The molecule has 1 heterocycles. The Hall–Kier alpha value is -1.33. The molecule has 1 saturated heterocycles. The number of amides is 1. The SMILES string of the molecule is BC(=O)N1CCN(Cc2ccccc2)C[C@@H]1CCO. The number of aliphatic hydroxyl groups is 1. The summed E-state index contributed by atoms with van der Waals surface area (Å²) < 4.78 is 0. The smallest absolute Gasteiger partial charge is 0.215 e. The minimum absolute atomic E-state index is 0.109. The summed E-state index contributed by atoms with van der Waals surface area (Å²) in [6, 6.07) is 10.5. The predicted molar refractivity (Wildman–Crippen MR) is 77.9 cm³/mol. The van der Waals surface area contributed by atoms with Crippen molar-refractivity contribution in [3.05, 3.63) is 35.9 Å². The summed E-state index contributed by atoms with van der Waals surface area (Å²) in [5.41, 5.74) is 1.29. The molecular formula is C14H21BN2O2. The molecule has 0 bridgehead atoms. The van der Waals surface area contributed by atoms with Gasteiger partial charge in [-0.25, -0.2) is 0 Å². The molecule has 0 unspecified atom stereocenters. The average Bonchev–Trinajstić information content (AvgIpc) is 2.40. The van der Waals surface area contributed by atoms with Crippen LogP contribution in [0.15, 0.2) is 30.3 Å². The Bertz CT molecular complexity index is 413. The lowest BCUT2D eigenvalue weighted by Gasteiger charge is -2.41. The number of benzene rings is 1. The van der Waals surface area contributed by atoms with Gasteiger partial charge in [-0.2, -0.15) is 0 Å². The summed E-state index contributed by atoms with van der Waals surface area (Å²) in [4.78, 5) is 15.8. The Balaban J connectivity index is 1.96. The predicted octanol–water partition coefficient (Wildman–Crippen LogP) is 0.308. The molecule has 1 atom stereocenters. The third-order valence-corrected chi connectivity index (χ3v) is 3.68. The first-order valence-electron chi connectivity index (χ1n) is 6.85. The van der Waals surface area contributed by atoms with E-state index in [9.17, 15) is 4.79 Å². The average molecular weight is 260 g/mol. The molecule has 1 aliphatic heterocycles. The van der Waals surface area contributed by atoms with Crippen LogP contribution in [0.25, 0.3) is 0 Å². The van der Waals surface area contributed by atoms with E-state index in [-0.39, 0.29) is 18.5 Å². The van der Waals surface area contributed by atoms with Crippen molar-refractivity contribution in [2.24, 2.45) is 0 Å². The van der Waals surface area contributed by atoms with E-state index in [1.165, 1.54) is 5.56 Å². The second-order valence-electron chi connectivity index (χ2n) is 5.10. The van der Waals surface area contributed by atoms with Crippen molar-refractivity contribution in [1.29, 1.82) is 0 Å². The molecule has 0 aromatic heterocycles. The molecule has 1 aromatic carbocycles. The van der Waals surface area contributed by atoms with Crippen LogP contribution < -0.4 is 0 Å². The van der Waals surface area contributed by atoms with E-state index in [1.54, 1.807) is 7.85 Å². The number of nitrogens with zero attached hydrogens (tertiary/aromatic N) is 2. The van der Waals surface area contributed by atoms with E-state index in [4.69, 9.17) is 5.11 Å². The van der Waals surface area contributed by atoms with Crippen molar-refractivity contribution in [2.75, 3.05) is 26.2 Å². The molecule has 0 saturated carbocycles. The molecule has 1 fully saturated rings. The zero-order valence-corrected chi connectivity index (χ0v) is 11.5. The van der Waals surface area contributed by atoms with Gasteiger partial charge in [-0.1, -0.05) is 30.3 Å². The summed E-state index contributed by atoms with van der Waals surface area (Å²) in [5.74, 6) is 0.109. The van der Waals surface area contributed by atoms with Crippen molar-refractivity contribution in [3.8, 4) is 0 Å². The minimum Gasteiger partial charge on any atom is -0.396 e. The van der Waals surface area contributed by atoms with Gasteiger partial charge in [-0.05, 0) is 12.0 Å². The van der Waals surface area contributed by atoms with Crippen molar-refractivity contribution in [3.63, 3.8) is 0 Å². The standard InChI is InChI=1S/C14H21BN2O2/c15-14(19)17-8-7-16(11-13(17)6-9-18)10-12-4-2-1-3-5-12/h1-5,13,18H,6-11,15H2/t13-/m0/s1. The van der Waals surface area contributed by atoms with Crippen LogP contribution in [0.5, 0.6) is 0 Å².